The summed E-state index contributed by atoms with van der Waals surface area (Å²) < 4.78 is 0. The van der Waals surface area contributed by atoms with Gasteiger partial charge >= 0.3 is 0 Å². The first-order chi connectivity index (χ1) is 6.70. The lowest BCUT2D eigenvalue weighted by Crippen LogP contribution is -2.39. The van der Waals surface area contributed by atoms with E-state index in [9.17, 15) is 4.79 Å². The largest absolute Gasteiger partial charge is 0.348 e. The molecular formula is C10H21N3O. The van der Waals surface area contributed by atoms with Gasteiger partial charge in [0.1, 0.15) is 0 Å². The van der Waals surface area contributed by atoms with Gasteiger partial charge in [0.05, 0.1) is 6.54 Å². The second kappa shape index (κ2) is 5.98. The monoisotopic (exact) mass is 199 g/mol. The van der Waals surface area contributed by atoms with Gasteiger partial charge in [-0.3, -0.25) is 4.79 Å². The summed E-state index contributed by atoms with van der Waals surface area (Å²) in [6.45, 7) is 3.65. The van der Waals surface area contributed by atoms with Crippen molar-refractivity contribution in [2.24, 2.45) is 5.92 Å². The zero-order valence-corrected chi connectivity index (χ0v) is 9.18. The van der Waals surface area contributed by atoms with Crippen LogP contribution in [-0.4, -0.2) is 51.1 Å². The van der Waals surface area contributed by atoms with E-state index < -0.39 is 0 Å². The Bertz CT molecular complexity index is 176. The summed E-state index contributed by atoms with van der Waals surface area (Å²) in [4.78, 5) is 12.8. The lowest BCUT2D eigenvalue weighted by Gasteiger charge is -2.23. The Hall–Kier alpha value is -0.610. The van der Waals surface area contributed by atoms with Crippen molar-refractivity contribution in [1.29, 1.82) is 0 Å². The van der Waals surface area contributed by atoms with Crippen molar-refractivity contribution in [2.45, 2.75) is 12.8 Å². The topological polar surface area (TPSA) is 44.4 Å². The summed E-state index contributed by atoms with van der Waals surface area (Å²) in [6, 6.07) is 0. The fraction of sp³-hybridized carbons (Fsp3) is 0.900. The number of carbonyl (C=O) groups excluding carboxylic acids is 1. The van der Waals surface area contributed by atoms with Gasteiger partial charge in [-0.25, -0.2) is 0 Å². The van der Waals surface area contributed by atoms with Crippen molar-refractivity contribution >= 4 is 5.91 Å². The van der Waals surface area contributed by atoms with Crippen LogP contribution < -0.4 is 10.6 Å². The first kappa shape index (κ1) is 11.5. The van der Waals surface area contributed by atoms with Gasteiger partial charge in [-0.2, -0.15) is 0 Å². The molecule has 4 heteroatoms. The summed E-state index contributed by atoms with van der Waals surface area (Å²) in [7, 11) is 3.57. The molecule has 0 saturated carbocycles. The zero-order valence-electron chi connectivity index (χ0n) is 9.18. The lowest BCUT2D eigenvalue weighted by molar-refractivity contribution is -0.127. The fourth-order valence-electron chi connectivity index (χ4n) is 1.64. The molecule has 1 saturated heterocycles. The summed E-state index contributed by atoms with van der Waals surface area (Å²) in [5, 5.41) is 6.57. The van der Waals surface area contributed by atoms with Gasteiger partial charge in [0.25, 0.3) is 0 Å². The van der Waals surface area contributed by atoms with Crippen LogP contribution in [0.3, 0.4) is 0 Å². The summed E-state index contributed by atoms with van der Waals surface area (Å²) in [6.07, 6.45) is 2.53. The van der Waals surface area contributed by atoms with E-state index in [1.165, 1.54) is 12.8 Å². The van der Waals surface area contributed by atoms with Crippen LogP contribution in [0.1, 0.15) is 12.8 Å². The van der Waals surface area contributed by atoms with Crippen molar-refractivity contribution in [1.82, 2.24) is 15.5 Å². The SMILES string of the molecule is CN(C)C(=O)CNCC1CCCNC1. The normalized spacial score (nSPS) is 22.0. The molecule has 1 rings (SSSR count). The molecule has 14 heavy (non-hydrogen) atoms. The predicted octanol–water partition coefficient (Wildman–Crippen LogP) is -0.336. The molecule has 0 spiro atoms. The molecule has 2 N–H and O–H groups in total. The molecule has 1 amide bonds. The lowest BCUT2D eigenvalue weighted by atomic mass is 10.00. The molecule has 1 heterocycles. The number of rotatable bonds is 4. The minimum Gasteiger partial charge on any atom is -0.348 e. The van der Waals surface area contributed by atoms with Crippen LogP contribution in [0.4, 0.5) is 0 Å². The smallest absolute Gasteiger partial charge is 0.236 e. The molecular weight excluding hydrogens is 178 g/mol. The van der Waals surface area contributed by atoms with E-state index in [1.807, 2.05) is 0 Å². The summed E-state index contributed by atoms with van der Waals surface area (Å²) >= 11 is 0. The van der Waals surface area contributed by atoms with E-state index in [-0.39, 0.29) is 5.91 Å². The van der Waals surface area contributed by atoms with Crippen molar-refractivity contribution < 1.29 is 4.79 Å². The maximum Gasteiger partial charge on any atom is 0.236 e. The second-order valence-electron chi connectivity index (χ2n) is 4.13. The minimum absolute atomic E-state index is 0.147. The maximum atomic E-state index is 11.2. The van der Waals surface area contributed by atoms with Crippen molar-refractivity contribution in [2.75, 3.05) is 40.3 Å². The second-order valence-corrected chi connectivity index (χ2v) is 4.13. The number of carbonyl (C=O) groups is 1. The number of amides is 1. The average Bonchev–Trinajstić information content (AvgIpc) is 2.19. The molecule has 0 aromatic heterocycles. The molecule has 0 radical (unpaired) electrons. The number of nitrogens with zero attached hydrogens (tertiary/aromatic N) is 1. The molecule has 0 aromatic rings. The number of likely N-dealkylation sites (N-methyl/N-ethyl adjacent to an activating group) is 1. The molecule has 0 bridgehead atoms. The third-order valence-corrected chi connectivity index (χ3v) is 2.61. The Morgan fingerprint density at radius 2 is 2.36 bits per heavy atom. The van der Waals surface area contributed by atoms with Crippen LogP contribution in [0.15, 0.2) is 0 Å². The van der Waals surface area contributed by atoms with Crippen molar-refractivity contribution in [3.8, 4) is 0 Å². The quantitative estimate of drug-likeness (QED) is 0.651. The first-order valence-electron chi connectivity index (χ1n) is 5.31. The Labute approximate surface area is 86.0 Å². The number of hydrogen-bond donors (Lipinski definition) is 2. The highest BCUT2D eigenvalue weighted by Crippen LogP contribution is 2.07. The highest BCUT2D eigenvalue weighted by molar-refractivity contribution is 5.77. The molecule has 1 fully saturated rings. The average molecular weight is 199 g/mol. The molecule has 1 unspecified atom stereocenters. The minimum atomic E-state index is 0.147. The van der Waals surface area contributed by atoms with Crippen LogP contribution in [0.25, 0.3) is 0 Å². The zero-order chi connectivity index (χ0) is 10.4. The molecule has 0 aliphatic carbocycles. The van der Waals surface area contributed by atoms with E-state index in [1.54, 1.807) is 19.0 Å². The van der Waals surface area contributed by atoms with Crippen LogP contribution >= 0.6 is 0 Å². The standard InChI is InChI=1S/C10H21N3O/c1-13(2)10(14)8-12-7-9-4-3-5-11-6-9/h9,11-12H,3-8H2,1-2H3. The molecule has 4 nitrogen and oxygen atoms in total. The molecule has 1 atom stereocenters. The van der Waals surface area contributed by atoms with Gasteiger partial charge in [0.2, 0.25) is 5.91 Å². The fourth-order valence-corrected chi connectivity index (χ4v) is 1.64. The first-order valence-corrected chi connectivity index (χ1v) is 5.31. The summed E-state index contributed by atoms with van der Waals surface area (Å²) in [5.41, 5.74) is 0. The highest BCUT2D eigenvalue weighted by atomic mass is 16.2. The number of piperidine rings is 1. The third-order valence-electron chi connectivity index (χ3n) is 2.61. The predicted molar refractivity (Wildman–Crippen MR) is 57.2 cm³/mol. The van der Waals surface area contributed by atoms with Gasteiger partial charge < -0.3 is 15.5 Å². The van der Waals surface area contributed by atoms with Crippen molar-refractivity contribution in [3.63, 3.8) is 0 Å². The van der Waals surface area contributed by atoms with Gasteiger partial charge in [0, 0.05) is 14.1 Å². The Morgan fingerprint density at radius 3 is 2.93 bits per heavy atom. The van der Waals surface area contributed by atoms with Gasteiger partial charge in [-0.1, -0.05) is 0 Å². The van der Waals surface area contributed by atoms with E-state index >= 15 is 0 Å². The van der Waals surface area contributed by atoms with E-state index in [2.05, 4.69) is 10.6 Å². The molecule has 0 aromatic carbocycles. The van der Waals surface area contributed by atoms with Crippen LogP contribution in [-0.2, 0) is 4.79 Å². The Kier molecular flexibility index (Phi) is 4.90. The van der Waals surface area contributed by atoms with Crippen LogP contribution in [0, 0.1) is 5.92 Å². The van der Waals surface area contributed by atoms with Gasteiger partial charge in [0.15, 0.2) is 0 Å². The van der Waals surface area contributed by atoms with Crippen LogP contribution in [0.5, 0.6) is 0 Å². The van der Waals surface area contributed by atoms with E-state index in [0.29, 0.717) is 12.5 Å². The third kappa shape index (κ3) is 4.07. The maximum absolute atomic E-state index is 11.2. The highest BCUT2D eigenvalue weighted by Gasteiger charge is 2.12. The molecule has 1 aliphatic heterocycles. The number of hydrogen-bond acceptors (Lipinski definition) is 3. The van der Waals surface area contributed by atoms with Gasteiger partial charge in [-0.05, 0) is 38.4 Å². The van der Waals surface area contributed by atoms with E-state index in [0.717, 1.165) is 19.6 Å². The molecule has 82 valence electrons. The Morgan fingerprint density at radius 1 is 1.57 bits per heavy atom. The van der Waals surface area contributed by atoms with Crippen LogP contribution in [0.2, 0.25) is 0 Å². The number of nitrogens with one attached hydrogen (secondary N) is 2. The molecule has 1 aliphatic rings. The van der Waals surface area contributed by atoms with E-state index in [4.69, 9.17) is 0 Å². The van der Waals surface area contributed by atoms with Gasteiger partial charge in [-0.15, -0.1) is 0 Å². The van der Waals surface area contributed by atoms with Crippen molar-refractivity contribution in [3.05, 3.63) is 0 Å². The Balaban J connectivity index is 2.05. The summed E-state index contributed by atoms with van der Waals surface area (Å²) in [5.74, 6) is 0.840.